The molecule has 0 amide bonds. The molecule has 0 spiro atoms. The van der Waals surface area contributed by atoms with Crippen molar-refractivity contribution in [2.45, 2.75) is 200 Å². The van der Waals surface area contributed by atoms with E-state index in [2.05, 4.69) is 87.4 Å². The van der Waals surface area contributed by atoms with E-state index in [1.54, 1.807) is 48.7 Å². The number of aliphatic hydroxyl groups is 7. The maximum absolute atomic E-state index is 9.34. The average molecular weight is 1180 g/mol. The number of methoxy groups -OCH3 is 6. The second-order valence-electron chi connectivity index (χ2n) is 22.5. The predicted octanol–water partition coefficient (Wildman–Crippen LogP) is 15.2. The summed E-state index contributed by atoms with van der Waals surface area (Å²) in [7, 11) is 9.92. The quantitative estimate of drug-likeness (QED) is 0.0405. The van der Waals surface area contributed by atoms with Crippen molar-refractivity contribution in [2.75, 3.05) is 42.7 Å². The van der Waals surface area contributed by atoms with Gasteiger partial charge in [0.1, 0.15) is 34.5 Å². The number of hydrogen-bond acceptors (Lipinski definition) is 13. The number of benzene rings is 6. The molecule has 0 aliphatic carbocycles. The maximum Gasteiger partial charge on any atom is 0.127 e. The topological polar surface area (TPSA) is 197 Å². The van der Waals surface area contributed by atoms with Gasteiger partial charge in [0.05, 0.1) is 88.9 Å². The summed E-state index contributed by atoms with van der Waals surface area (Å²) in [5, 5.41) is 64.7. The van der Waals surface area contributed by atoms with E-state index in [1.165, 1.54) is 5.56 Å². The molecule has 0 atom stereocenters. The molecule has 0 saturated heterocycles. The Balaban J connectivity index is 0.000000994. The lowest BCUT2D eigenvalue weighted by Gasteiger charge is -2.18. The Bertz CT molecular complexity index is 2830. The molecule has 13 heteroatoms. The molecule has 7 N–H and O–H groups in total. The highest BCUT2D eigenvalue weighted by Gasteiger charge is 2.17. The van der Waals surface area contributed by atoms with Crippen LogP contribution >= 0.6 is 0 Å². The molecule has 0 bridgehead atoms. The molecule has 0 aromatic heterocycles. The summed E-state index contributed by atoms with van der Waals surface area (Å²) in [4.78, 5) is 0. The molecule has 85 heavy (non-hydrogen) atoms. The number of rotatable bonds is 19. The summed E-state index contributed by atoms with van der Waals surface area (Å²) in [5.74, 6) is 7.34. The van der Waals surface area contributed by atoms with E-state index in [9.17, 15) is 30.6 Å². The summed E-state index contributed by atoms with van der Waals surface area (Å²) in [6.45, 7) is 33.4. The maximum atomic E-state index is 9.34. The number of aliphatic hydroxyl groups excluding tert-OH is 7. The van der Waals surface area contributed by atoms with E-state index in [1.807, 2.05) is 96.1 Å². The second-order valence-corrected chi connectivity index (χ2v) is 22.5. The first kappa shape index (κ1) is 78.8. The van der Waals surface area contributed by atoms with Crippen molar-refractivity contribution in [1.29, 1.82) is 0 Å². The Morgan fingerprint density at radius 2 is 0.776 bits per heavy atom. The highest BCUT2D eigenvalue weighted by atomic mass is 16.5. The van der Waals surface area contributed by atoms with Crippen LogP contribution in [0, 0.1) is 27.7 Å². The molecule has 476 valence electrons. The highest BCUT2D eigenvalue weighted by Crippen LogP contribution is 2.35. The largest absolute Gasteiger partial charge is 0.497 e. The van der Waals surface area contributed by atoms with E-state index in [0.29, 0.717) is 35.3 Å². The fourth-order valence-electron chi connectivity index (χ4n) is 10.1. The first-order valence-electron chi connectivity index (χ1n) is 29.0. The number of ether oxygens (including phenoxy) is 6. The molecule has 0 fully saturated rings. The van der Waals surface area contributed by atoms with Crippen LogP contribution in [0.5, 0.6) is 34.5 Å². The van der Waals surface area contributed by atoms with Crippen LogP contribution in [0.1, 0.15) is 221 Å². The molecular formula is C72H110O13. The molecule has 0 aliphatic heterocycles. The first-order valence-corrected chi connectivity index (χ1v) is 29.0. The van der Waals surface area contributed by atoms with Crippen molar-refractivity contribution in [3.8, 4) is 34.5 Å². The molecule has 0 aliphatic rings. The standard InChI is InChI=1S/C12H18O3.4C12H18O2.C11H16O2.CH4/c1-8(2)12-9(6-13)4-5-11(15-3)10(12)7-14;1-8(2)10-6-11(13-4)9(3)12(7-10)14-5;1-8(2)11-6-12(14-4)9(3)5-10(11)7-13;1-8(2)12-10(6-13)4-9(3)5-11(12)7-14;1-8(2)10-6-5-9(3)12(14-4)11(10)7-13;1-8(2)11-6-10(13-3)5-4-9(11)7-12;/h4-5,8,13-14H,6-7H2,1-3H3;6-8H,1-5H3;5-6,8,13H,7H2,1-4H3;4-5,8,13-14H,6-7H2,1-3H3;5-6,8,13H,7H2,1-4H3;4-6,8,12H,7H2,1-3H3;1H4. The van der Waals surface area contributed by atoms with Gasteiger partial charge < -0.3 is 64.2 Å². The van der Waals surface area contributed by atoms with Crippen LogP contribution in [0.15, 0.2) is 78.9 Å². The molecule has 0 heterocycles. The second kappa shape index (κ2) is 40.3. The van der Waals surface area contributed by atoms with Gasteiger partial charge in [-0.25, -0.2) is 0 Å². The smallest absolute Gasteiger partial charge is 0.127 e. The van der Waals surface area contributed by atoms with Crippen LogP contribution < -0.4 is 28.4 Å². The summed E-state index contributed by atoms with van der Waals surface area (Å²) in [6, 6.07) is 25.6. The molecule has 0 saturated carbocycles. The van der Waals surface area contributed by atoms with Crippen molar-refractivity contribution in [2.24, 2.45) is 0 Å². The van der Waals surface area contributed by atoms with Crippen LogP contribution in [0.4, 0.5) is 0 Å². The molecule has 6 aromatic carbocycles. The van der Waals surface area contributed by atoms with E-state index < -0.39 is 0 Å². The SMILES string of the molecule is C.COc1c(C)ccc(C(C)C)c1CO.COc1cc(C(C)C)c(CO)cc1C.COc1cc(C(C)C)cc(OC)c1C.COc1ccc(CO)c(C(C)C)c1.COc1ccc(CO)c(C(C)C)c1CO.Cc1cc(CO)c(C(C)C)c(CO)c1. The van der Waals surface area contributed by atoms with Gasteiger partial charge in [-0.15, -0.1) is 0 Å². The molecule has 13 nitrogen and oxygen atoms in total. The Hall–Kier alpha value is -6.16. The van der Waals surface area contributed by atoms with E-state index >= 15 is 0 Å². The lowest BCUT2D eigenvalue weighted by atomic mass is 9.91. The minimum absolute atomic E-state index is 0. The summed E-state index contributed by atoms with van der Waals surface area (Å²) in [5.41, 5.74) is 17.5. The van der Waals surface area contributed by atoms with E-state index in [0.717, 1.165) is 118 Å². The van der Waals surface area contributed by atoms with Crippen molar-refractivity contribution in [3.05, 3.63) is 173 Å². The van der Waals surface area contributed by atoms with Crippen LogP contribution in [0.2, 0.25) is 0 Å². The van der Waals surface area contributed by atoms with Crippen LogP contribution in [-0.2, 0) is 46.2 Å². The minimum Gasteiger partial charge on any atom is -0.497 e. The van der Waals surface area contributed by atoms with E-state index in [4.69, 9.17) is 33.5 Å². The third-order valence-electron chi connectivity index (χ3n) is 14.5. The predicted molar refractivity (Wildman–Crippen MR) is 350 cm³/mol. The minimum atomic E-state index is -0.0650. The Labute approximate surface area is 512 Å². The van der Waals surface area contributed by atoms with Crippen molar-refractivity contribution in [1.82, 2.24) is 0 Å². The fraction of sp³-hybridized carbons (Fsp3) is 0.500. The van der Waals surface area contributed by atoms with E-state index in [-0.39, 0.29) is 59.6 Å². The third-order valence-corrected chi connectivity index (χ3v) is 14.5. The summed E-state index contributed by atoms with van der Waals surface area (Å²) < 4.78 is 31.5. The van der Waals surface area contributed by atoms with Gasteiger partial charge in [0.15, 0.2) is 0 Å². The zero-order valence-corrected chi connectivity index (χ0v) is 55.0. The van der Waals surface area contributed by atoms with Gasteiger partial charge in [-0.3, -0.25) is 0 Å². The van der Waals surface area contributed by atoms with Crippen LogP contribution in [0.25, 0.3) is 0 Å². The Morgan fingerprint density at radius 1 is 0.329 bits per heavy atom. The van der Waals surface area contributed by atoms with Crippen molar-refractivity contribution < 1.29 is 64.2 Å². The third kappa shape index (κ3) is 23.2. The zero-order valence-electron chi connectivity index (χ0n) is 55.0. The van der Waals surface area contributed by atoms with Crippen molar-refractivity contribution >= 4 is 0 Å². The Morgan fingerprint density at radius 3 is 1.15 bits per heavy atom. The monoisotopic (exact) mass is 1180 g/mol. The van der Waals surface area contributed by atoms with Crippen LogP contribution in [-0.4, -0.2) is 78.4 Å². The van der Waals surface area contributed by atoms with Crippen LogP contribution in [0.3, 0.4) is 0 Å². The normalized spacial score (nSPS) is 10.6. The van der Waals surface area contributed by atoms with Crippen molar-refractivity contribution in [3.63, 3.8) is 0 Å². The number of hydrogen-bond donors (Lipinski definition) is 7. The average Bonchev–Trinajstić information content (AvgIpc) is 3.67. The lowest BCUT2D eigenvalue weighted by Crippen LogP contribution is -2.05. The fourth-order valence-corrected chi connectivity index (χ4v) is 10.1. The molecule has 6 rings (SSSR count). The lowest BCUT2D eigenvalue weighted by molar-refractivity contribution is 0.266. The van der Waals surface area contributed by atoms with Gasteiger partial charge in [0, 0.05) is 16.7 Å². The molecule has 6 aromatic rings. The highest BCUT2D eigenvalue weighted by molar-refractivity contribution is 5.50. The zero-order chi connectivity index (χ0) is 64.1. The van der Waals surface area contributed by atoms with Gasteiger partial charge >= 0.3 is 0 Å². The summed E-state index contributed by atoms with van der Waals surface area (Å²) in [6.07, 6.45) is 0. The van der Waals surface area contributed by atoms with Gasteiger partial charge in [-0.05, 0) is 178 Å². The summed E-state index contributed by atoms with van der Waals surface area (Å²) >= 11 is 0. The first-order chi connectivity index (χ1) is 39.7. The van der Waals surface area contributed by atoms with Gasteiger partial charge in [0.2, 0.25) is 0 Å². The number of aryl methyl sites for hydroxylation is 3. The van der Waals surface area contributed by atoms with Gasteiger partial charge in [-0.2, -0.15) is 0 Å². The Kier molecular flexibility index (Phi) is 37.3. The van der Waals surface area contributed by atoms with Gasteiger partial charge in [0.25, 0.3) is 0 Å². The molecule has 0 unspecified atom stereocenters. The molecular weight excluding hydrogens is 1070 g/mol. The molecule has 0 radical (unpaired) electrons. The van der Waals surface area contributed by atoms with Gasteiger partial charge in [-0.1, -0.05) is 132 Å².